The molecule has 7 nitrogen and oxygen atoms in total. The number of hydrogen-bond donors (Lipinski definition) is 3. The number of halogens is 1. The average Bonchev–Trinajstić information content (AvgIpc) is 2.87. The highest BCUT2D eigenvalue weighted by Crippen LogP contribution is 2.15. The van der Waals surface area contributed by atoms with Gasteiger partial charge in [0, 0.05) is 19.0 Å². The highest BCUT2D eigenvalue weighted by molar-refractivity contribution is 9.10. The molecule has 1 aromatic heterocycles. The predicted octanol–water partition coefficient (Wildman–Crippen LogP) is -0.365. The monoisotopic (exact) mass is 354 g/mol. The second-order valence-electron chi connectivity index (χ2n) is 4.78. The lowest BCUT2D eigenvalue weighted by Gasteiger charge is -2.18. The second-order valence-corrected chi connectivity index (χ2v) is 5.53. The van der Waals surface area contributed by atoms with E-state index in [9.17, 15) is 14.4 Å². The van der Waals surface area contributed by atoms with Crippen LogP contribution in [0.4, 0.5) is 0 Å². The van der Waals surface area contributed by atoms with E-state index in [2.05, 4.69) is 31.5 Å². The zero-order valence-electron chi connectivity index (χ0n) is 11.1. The fourth-order valence-corrected chi connectivity index (χ4v) is 2.51. The van der Waals surface area contributed by atoms with Gasteiger partial charge in [-0.05, 0) is 34.0 Å². The summed E-state index contributed by atoms with van der Waals surface area (Å²) in [5.74, 6) is -1.20. The Balaban J connectivity index is 2.03. The first-order valence-electron chi connectivity index (χ1n) is 6.46. The maximum atomic E-state index is 12.0. The molecule has 3 amide bonds. The van der Waals surface area contributed by atoms with E-state index >= 15 is 0 Å². The zero-order chi connectivity index (χ0) is 15.4. The van der Waals surface area contributed by atoms with E-state index in [1.165, 1.54) is 0 Å². The van der Waals surface area contributed by atoms with Gasteiger partial charge >= 0.3 is 0 Å². The fourth-order valence-electron chi connectivity index (χ4n) is 2.10. The number of amides is 3. The molecule has 2 heterocycles. The molecule has 0 aliphatic carbocycles. The van der Waals surface area contributed by atoms with Crippen molar-refractivity contribution >= 4 is 33.7 Å². The summed E-state index contributed by atoms with van der Waals surface area (Å²) in [6.45, 7) is 0. The number of aromatic nitrogens is 1. The second kappa shape index (κ2) is 6.66. The van der Waals surface area contributed by atoms with Gasteiger partial charge in [-0.25, -0.2) is 4.98 Å². The summed E-state index contributed by atoms with van der Waals surface area (Å²) >= 11 is 3.28. The lowest BCUT2D eigenvalue weighted by atomic mass is 10.1. The Bertz CT molecular complexity index is 578. The SMILES string of the molecule is NC(=O)[C@H](Cc1cccnc1Br)NC(=O)[C@H]1CCC(=O)N1. The van der Waals surface area contributed by atoms with Crippen molar-refractivity contribution in [1.82, 2.24) is 15.6 Å². The molecule has 1 aliphatic rings. The van der Waals surface area contributed by atoms with Gasteiger partial charge in [0.1, 0.15) is 16.7 Å². The van der Waals surface area contributed by atoms with Gasteiger partial charge in [-0.3, -0.25) is 14.4 Å². The Morgan fingerprint density at radius 2 is 2.33 bits per heavy atom. The van der Waals surface area contributed by atoms with Crippen molar-refractivity contribution in [2.24, 2.45) is 5.73 Å². The number of rotatable bonds is 5. The highest BCUT2D eigenvalue weighted by atomic mass is 79.9. The van der Waals surface area contributed by atoms with Crippen LogP contribution in [-0.2, 0) is 20.8 Å². The normalized spacial score (nSPS) is 18.9. The molecule has 1 aromatic rings. The highest BCUT2D eigenvalue weighted by Gasteiger charge is 2.30. The summed E-state index contributed by atoms with van der Waals surface area (Å²) in [6, 6.07) is 2.07. The van der Waals surface area contributed by atoms with Crippen LogP contribution in [0.5, 0.6) is 0 Å². The molecular formula is C13H15BrN4O3. The third-order valence-electron chi connectivity index (χ3n) is 3.23. The lowest BCUT2D eigenvalue weighted by molar-refractivity contribution is -0.129. The molecule has 2 atom stereocenters. The molecule has 0 saturated carbocycles. The number of pyridine rings is 1. The molecule has 1 saturated heterocycles. The van der Waals surface area contributed by atoms with Crippen LogP contribution >= 0.6 is 15.9 Å². The molecule has 0 aromatic carbocycles. The van der Waals surface area contributed by atoms with Crippen LogP contribution in [0.1, 0.15) is 18.4 Å². The molecular weight excluding hydrogens is 340 g/mol. The van der Waals surface area contributed by atoms with Crippen molar-refractivity contribution in [1.29, 1.82) is 0 Å². The molecule has 0 radical (unpaired) electrons. The van der Waals surface area contributed by atoms with E-state index in [4.69, 9.17) is 5.73 Å². The average molecular weight is 355 g/mol. The van der Waals surface area contributed by atoms with Crippen LogP contribution in [0.2, 0.25) is 0 Å². The number of carbonyl (C=O) groups excluding carboxylic acids is 3. The van der Waals surface area contributed by atoms with Crippen molar-refractivity contribution < 1.29 is 14.4 Å². The maximum Gasteiger partial charge on any atom is 0.243 e. The van der Waals surface area contributed by atoms with Crippen LogP contribution in [0, 0.1) is 0 Å². The minimum atomic E-state index is -0.851. The third kappa shape index (κ3) is 4.01. The van der Waals surface area contributed by atoms with Gasteiger partial charge in [0.15, 0.2) is 0 Å². The van der Waals surface area contributed by atoms with E-state index in [0.717, 1.165) is 5.56 Å². The van der Waals surface area contributed by atoms with Gasteiger partial charge in [0.2, 0.25) is 17.7 Å². The maximum absolute atomic E-state index is 12.0. The summed E-state index contributed by atoms with van der Waals surface area (Å²) < 4.78 is 0.597. The Morgan fingerprint density at radius 3 is 2.90 bits per heavy atom. The van der Waals surface area contributed by atoms with Crippen LogP contribution in [0.3, 0.4) is 0 Å². The van der Waals surface area contributed by atoms with Crippen LogP contribution in [0.25, 0.3) is 0 Å². The number of nitrogens with one attached hydrogen (secondary N) is 2. The smallest absolute Gasteiger partial charge is 0.243 e. The van der Waals surface area contributed by atoms with E-state index in [1.807, 2.05) is 0 Å². The molecule has 1 fully saturated rings. The molecule has 2 rings (SSSR count). The zero-order valence-corrected chi connectivity index (χ0v) is 12.7. The molecule has 1 aliphatic heterocycles. The molecule has 112 valence electrons. The summed E-state index contributed by atoms with van der Waals surface area (Å²) in [7, 11) is 0. The van der Waals surface area contributed by atoms with Gasteiger partial charge in [-0.15, -0.1) is 0 Å². The van der Waals surface area contributed by atoms with Crippen molar-refractivity contribution in [3.63, 3.8) is 0 Å². The topological polar surface area (TPSA) is 114 Å². The van der Waals surface area contributed by atoms with Crippen molar-refractivity contribution in [2.75, 3.05) is 0 Å². The largest absolute Gasteiger partial charge is 0.368 e. The molecule has 8 heteroatoms. The molecule has 0 unspecified atom stereocenters. The van der Waals surface area contributed by atoms with Crippen molar-refractivity contribution in [3.8, 4) is 0 Å². The quantitative estimate of drug-likeness (QED) is 0.626. The molecule has 0 bridgehead atoms. The molecule has 21 heavy (non-hydrogen) atoms. The number of hydrogen-bond acceptors (Lipinski definition) is 4. The Hall–Kier alpha value is -1.96. The molecule has 4 N–H and O–H groups in total. The first-order valence-corrected chi connectivity index (χ1v) is 7.25. The van der Waals surface area contributed by atoms with Crippen LogP contribution < -0.4 is 16.4 Å². The van der Waals surface area contributed by atoms with Gasteiger partial charge in [0.25, 0.3) is 0 Å². The van der Waals surface area contributed by atoms with E-state index < -0.39 is 23.9 Å². The minimum Gasteiger partial charge on any atom is -0.368 e. The number of nitrogens with zero attached hydrogens (tertiary/aromatic N) is 1. The molecule has 0 spiro atoms. The first-order chi connectivity index (χ1) is 9.97. The Morgan fingerprint density at radius 1 is 1.57 bits per heavy atom. The summed E-state index contributed by atoms with van der Waals surface area (Å²) in [5, 5.41) is 5.13. The van der Waals surface area contributed by atoms with Crippen LogP contribution in [-0.4, -0.2) is 34.8 Å². The van der Waals surface area contributed by atoms with E-state index in [-0.39, 0.29) is 12.3 Å². The number of primary amides is 1. The third-order valence-corrected chi connectivity index (χ3v) is 3.95. The van der Waals surface area contributed by atoms with Crippen molar-refractivity contribution in [3.05, 3.63) is 28.5 Å². The van der Waals surface area contributed by atoms with Gasteiger partial charge in [0.05, 0.1) is 0 Å². The number of carbonyl (C=O) groups is 3. The van der Waals surface area contributed by atoms with Crippen LogP contribution in [0.15, 0.2) is 22.9 Å². The van der Waals surface area contributed by atoms with E-state index in [1.54, 1.807) is 18.3 Å². The van der Waals surface area contributed by atoms with E-state index in [0.29, 0.717) is 17.4 Å². The van der Waals surface area contributed by atoms with Gasteiger partial charge < -0.3 is 16.4 Å². The summed E-state index contributed by atoms with van der Waals surface area (Å²) in [4.78, 5) is 38.7. The van der Waals surface area contributed by atoms with Crippen molar-refractivity contribution in [2.45, 2.75) is 31.3 Å². The lowest BCUT2D eigenvalue weighted by Crippen LogP contribution is -2.51. The standard InChI is InChI=1S/C13H15BrN4O3/c14-11-7(2-1-5-16-11)6-9(12(15)20)18-13(21)8-3-4-10(19)17-8/h1-2,5,8-9H,3-4,6H2,(H2,15,20)(H,17,19)(H,18,21)/t8-,9+/m1/s1. The Labute approximate surface area is 129 Å². The van der Waals surface area contributed by atoms with Gasteiger partial charge in [-0.1, -0.05) is 6.07 Å². The summed E-state index contributed by atoms with van der Waals surface area (Å²) in [5.41, 5.74) is 6.09. The summed E-state index contributed by atoms with van der Waals surface area (Å²) in [6.07, 6.45) is 2.58. The predicted molar refractivity (Wildman–Crippen MR) is 77.9 cm³/mol. The van der Waals surface area contributed by atoms with Gasteiger partial charge in [-0.2, -0.15) is 0 Å². The number of nitrogens with two attached hydrogens (primary N) is 1. The fraction of sp³-hybridized carbons (Fsp3) is 0.385. The Kier molecular flexibility index (Phi) is 4.89. The first kappa shape index (κ1) is 15.4. The minimum absolute atomic E-state index is 0.166.